The van der Waals surface area contributed by atoms with E-state index in [1.807, 2.05) is 20.8 Å². The van der Waals surface area contributed by atoms with Crippen LogP contribution in [-0.4, -0.2) is 41.1 Å². The molecule has 1 heterocycles. The van der Waals surface area contributed by atoms with Gasteiger partial charge in [0, 0.05) is 13.1 Å². The van der Waals surface area contributed by atoms with E-state index in [9.17, 15) is 14.7 Å². The van der Waals surface area contributed by atoms with Gasteiger partial charge in [0.05, 0.1) is 0 Å². The van der Waals surface area contributed by atoms with Crippen molar-refractivity contribution in [1.29, 1.82) is 0 Å². The molecule has 0 aromatic carbocycles. The van der Waals surface area contributed by atoms with Crippen LogP contribution in [0.15, 0.2) is 0 Å². The standard InChI is InChI=1S/C14H26N2O3/c1-9-6-10(2)8-16(7-9)13(19)15-11(12(17)18)14(3,4)5/h9-11H,6-8H2,1-5H3,(H,15,19)(H,17,18)/t9?,10?,11-/m1/s1. The van der Waals surface area contributed by atoms with Crippen LogP contribution in [0.2, 0.25) is 0 Å². The van der Waals surface area contributed by atoms with Crippen molar-refractivity contribution in [3.05, 3.63) is 0 Å². The Morgan fingerprint density at radius 1 is 1.21 bits per heavy atom. The second-order valence-electron chi connectivity index (χ2n) is 6.94. The van der Waals surface area contributed by atoms with E-state index in [-0.39, 0.29) is 6.03 Å². The molecule has 0 aromatic heterocycles. The summed E-state index contributed by atoms with van der Waals surface area (Å²) in [4.78, 5) is 25.2. The largest absolute Gasteiger partial charge is 0.480 e. The number of carboxylic acids is 1. The third-order valence-electron chi connectivity index (χ3n) is 3.54. The molecule has 0 aromatic rings. The minimum Gasteiger partial charge on any atom is -0.480 e. The van der Waals surface area contributed by atoms with Crippen molar-refractivity contribution in [3.63, 3.8) is 0 Å². The number of piperidine rings is 1. The number of carbonyl (C=O) groups is 2. The topological polar surface area (TPSA) is 69.6 Å². The van der Waals surface area contributed by atoms with E-state index in [4.69, 9.17) is 0 Å². The highest BCUT2D eigenvalue weighted by Crippen LogP contribution is 2.23. The number of amides is 2. The number of rotatable bonds is 2. The fourth-order valence-electron chi connectivity index (χ4n) is 2.69. The van der Waals surface area contributed by atoms with Gasteiger partial charge in [0.2, 0.25) is 0 Å². The summed E-state index contributed by atoms with van der Waals surface area (Å²) in [6.07, 6.45) is 1.12. The van der Waals surface area contributed by atoms with E-state index >= 15 is 0 Å². The lowest BCUT2D eigenvalue weighted by Gasteiger charge is -2.37. The molecule has 1 aliphatic heterocycles. The van der Waals surface area contributed by atoms with E-state index in [1.54, 1.807) is 4.90 Å². The third kappa shape index (κ3) is 4.40. The molecule has 0 saturated carbocycles. The molecule has 2 amide bonds. The van der Waals surface area contributed by atoms with Crippen LogP contribution in [0, 0.1) is 17.3 Å². The van der Waals surface area contributed by atoms with Crippen molar-refractivity contribution < 1.29 is 14.7 Å². The first-order valence-corrected chi connectivity index (χ1v) is 6.89. The van der Waals surface area contributed by atoms with Gasteiger partial charge >= 0.3 is 12.0 Å². The Kier molecular flexibility index (Phi) is 4.82. The fourth-order valence-corrected chi connectivity index (χ4v) is 2.69. The average molecular weight is 270 g/mol. The van der Waals surface area contributed by atoms with Gasteiger partial charge < -0.3 is 15.3 Å². The lowest BCUT2D eigenvalue weighted by molar-refractivity contribution is -0.142. The smallest absolute Gasteiger partial charge is 0.326 e. The predicted octanol–water partition coefficient (Wildman–Crippen LogP) is 2.17. The molecule has 110 valence electrons. The van der Waals surface area contributed by atoms with Crippen molar-refractivity contribution in [3.8, 4) is 0 Å². The number of aliphatic carboxylic acids is 1. The van der Waals surface area contributed by atoms with Crippen molar-refractivity contribution in [2.24, 2.45) is 17.3 Å². The molecule has 0 spiro atoms. The van der Waals surface area contributed by atoms with Gasteiger partial charge in [-0.15, -0.1) is 0 Å². The summed E-state index contributed by atoms with van der Waals surface area (Å²) < 4.78 is 0. The number of likely N-dealkylation sites (tertiary alicyclic amines) is 1. The maximum atomic E-state index is 12.2. The Labute approximate surface area is 115 Å². The van der Waals surface area contributed by atoms with Crippen molar-refractivity contribution in [2.45, 2.75) is 47.1 Å². The normalized spacial score (nSPS) is 25.8. The average Bonchev–Trinajstić information content (AvgIpc) is 2.21. The second kappa shape index (κ2) is 5.80. The van der Waals surface area contributed by atoms with Gasteiger partial charge in [0.1, 0.15) is 6.04 Å². The highest BCUT2D eigenvalue weighted by atomic mass is 16.4. The Bertz CT molecular complexity index is 339. The Morgan fingerprint density at radius 3 is 2.05 bits per heavy atom. The van der Waals surface area contributed by atoms with Gasteiger partial charge in [-0.05, 0) is 23.7 Å². The quantitative estimate of drug-likeness (QED) is 0.808. The number of nitrogens with zero attached hydrogens (tertiary/aromatic N) is 1. The van der Waals surface area contributed by atoms with E-state index in [2.05, 4.69) is 19.2 Å². The summed E-state index contributed by atoms with van der Waals surface area (Å²) in [5.74, 6) is -0.0567. The summed E-state index contributed by atoms with van der Waals surface area (Å²) in [5, 5.41) is 11.9. The molecule has 3 atom stereocenters. The van der Waals surface area contributed by atoms with Gasteiger partial charge in [-0.1, -0.05) is 34.6 Å². The maximum absolute atomic E-state index is 12.2. The first-order chi connectivity index (χ1) is 8.61. The van der Waals surface area contributed by atoms with Crippen LogP contribution in [-0.2, 0) is 4.79 Å². The monoisotopic (exact) mass is 270 g/mol. The molecule has 1 aliphatic rings. The first-order valence-electron chi connectivity index (χ1n) is 6.89. The van der Waals surface area contributed by atoms with E-state index in [0.717, 1.165) is 6.42 Å². The predicted molar refractivity (Wildman–Crippen MR) is 73.9 cm³/mol. The maximum Gasteiger partial charge on any atom is 0.326 e. The molecule has 0 bridgehead atoms. The molecule has 1 fully saturated rings. The zero-order valence-corrected chi connectivity index (χ0v) is 12.6. The summed E-state index contributed by atoms with van der Waals surface area (Å²) >= 11 is 0. The summed E-state index contributed by atoms with van der Waals surface area (Å²) in [6.45, 7) is 11.1. The van der Waals surface area contributed by atoms with Crippen LogP contribution < -0.4 is 5.32 Å². The van der Waals surface area contributed by atoms with Gasteiger partial charge in [0.25, 0.3) is 0 Å². The van der Waals surface area contributed by atoms with E-state index in [0.29, 0.717) is 24.9 Å². The highest BCUT2D eigenvalue weighted by Gasteiger charge is 2.35. The minimum atomic E-state index is -0.987. The SMILES string of the molecule is CC1CC(C)CN(C(=O)N[C@H](C(=O)O)C(C)(C)C)C1. The summed E-state index contributed by atoms with van der Waals surface area (Å²) in [7, 11) is 0. The summed E-state index contributed by atoms with van der Waals surface area (Å²) in [6, 6.07) is -1.13. The molecule has 5 heteroatoms. The first kappa shape index (κ1) is 15.8. The van der Waals surface area contributed by atoms with Crippen molar-refractivity contribution in [2.75, 3.05) is 13.1 Å². The van der Waals surface area contributed by atoms with Crippen molar-refractivity contribution in [1.82, 2.24) is 10.2 Å². The molecule has 1 saturated heterocycles. The van der Waals surface area contributed by atoms with Crippen LogP contribution in [0.25, 0.3) is 0 Å². The number of nitrogens with one attached hydrogen (secondary N) is 1. The van der Waals surface area contributed by atoms with Gasteiger partial charge in [-0.25, -0.2) is 9.59 Å². The highest BCUT2D eigenvalue weighted by molar-refractivity contribution is 5.83. The lowest BCUT2D eigenvalue weighted by atomic mass is 9.87. The van der Waals surface area contributed by atoms with Gasteiger partial charge in [-0.2, -0.15) is 0 Å². The summed E-state index contributed by atoms with van der Waals surface area (Å²) in [5.41, 5.74) is -0.505. The fraction of sp³-hybridized carbons (Fsp3) is 0.857. The van der Waals surface area contributed by atoms with Gasteiger partial charge in [0.15, 0.2) is 0 Å². The van der Waals surface area contributed by atoms with Crippen LogP contribution >= 0.6 is 0 Å². The van der Waals surface area contributed by atoms with Crippen molar-refractivity contribution >= 4 is 12.0 Å². The Morgan fingerprint density at radius 2 is 1.68 bits per heavy atom. The number of hydrogen-bond acceptors (Lipinski definition) is 2. The van der Waals surface area contributed by atoms with Gasteiger partial charge in [-0.3, -0.25) is 0 Å². The molecule has 1 rings (SSSR count). The molecule has 19 heavy (non-hydrogen) atoms. The van der Waals surface area contributed by atoms with Crippen LogP contribution in [0.1, 0.15) is 41.0 Å². The second-order valence-corrected chi connectivity index (χ2v) is 6.94. The zero-order chi connectivity index (χ0) is 14.8. The minimum absolute atomic E-state index is 0.263. The molecule has 0 aliphatic carbocycles. The Balaban J connectivity index is 2.69. The molecular formula is C14H26N2O3. The number of carboxylic acid groups (broad SMARTS) is 1. The van der Waals surface area contributed by atoms with Crippen LogP contribution in [0.4, 0.5) is 4.79 Å². The number of urea groups is 1. The molecule has 2 N–H and O–H groups in total. The van der Waals surface area contributed by atoms with Crippen LogP contribution in [0.3, 0.4) is 0 Å². The van der Waals surface area contributed by atoms with E-state index < -0.39 is 17.4 Å². The molecule has 5 nitrogen and oxygen atoms in total. The number of carbonyl (C=O) groups excluding carboxylic acids is 1. The zero-order valence-electron chi connectivity index (χ0n) is 12.6. The van der Waals surface area contributed by atoms with E-state index in [1.165, 1.54) is 0 Å². The lowest BCUT2D eigenvalue weighted by Crippen LogP contribution is -2.55. The third-order valence-corrected chi connectivity index (χ3v) is 3.54. The molecular weight excluding hydrogens is 244 g/mol. The Hall–Kier alpha value is -1.26. The van der Waals surface area contributed by atoms with Crippen LogP contribution in [0.5, 0.6) is 0 Å². The molecule has 0 radical (unpaired) electrons. The number of hydrogen-bond donors (Lipinski definition) is 2. The molecule has 2 unspecified atom stereocenters.